The number of rotatable bonds is 5. The van der Waals surface area contributed by atoms with Crippen LogP contribution >= 0.6 is 22.9 Å². The molecule has 1 N–H and O–H groups in total. The van der Waals surface area contributed by atoms with Crippen molar-refractivity contribution < 1.29 is 0 Å². The Kier molecular flexibility index (Phi) is 4.75. The van der Waals surface area contributed by atoms with Crippen LogP contribution in [-0.2, 0) is 13.0 Å². The molecule has 4 heteroatoms. The standard InChI is InChI=1S/C14H17ClN2S/c1-10(7-12-5-3-4-6-14(12)15)16-8-13-9-17-11(2)18-13/h3-6,9-10,16H,7-8H2,1-2H3. The SMILES string of the molecule is Cc1ncc(CNC(C)Cc2ccccc2Cl)s1. The van der Waals surface area contributed by atoms with Crippen molar-refractivity contribution in [2.75, 3.05) is 0 Å². The Bertz CT molecular complexity index is 510. The van der Waals surface area contributed by atoms with Gasteiger partial charge in [0.1, 0.15) is 0 Å². The summed E-state index contributed by atoms with van der Waals surface area (Å²) in [6.45, 7) is 5.08. The topological polar surface area (TPSA) is 24.9 Å². The average molecular weight is 281 g/mol. The lowest BCUT2D eigenvalue weighted by molar-refractivity contribution is 0.548. The van der Waals surface area contributed by atoms with E-state index in [1.54, 1.807) is 11.3 Å². The second-order valence-corrected chi connectivity index (χ2v) is 6.15. The molecule has 0 saturated carbocycles. The maximum atomic E-state index is 6.15. The second-order valence-electron chi connectivity index (χ2n) is 4.42. The molecule has 2 aromatic rings. The number of nitrogens with zero attached hydrogens (tertiary/aromatic N) is 1. The Morgan fingerprint density at radius 1 is 1.39 bits per heavy atom. The second kappa shape index (κ2) is 6.32. The van der Waals surface area contributed by atoms with Gasteiger partial charge in [-0.25, -0.2) is 4.98 Å². The lowest BCUT2D eigenvalue weighted by Gasteiger charge is -2.13. The molecule has 1 atom stereocenters. The van der Waals surface area contributed by atoms with E-state index in [-0.39, 0.29) is 0 Å². The monoisotopic (exact) mass is 280 g/mol. The van der Waals surface area contributed by atoms with Crippen molar-refractivity contribution in [1.82, 2.24) is 10.3 Å². The van der Waals surface area contributed by atoms with Gasteiger partial charge in [0.2, 0.25) is 0 Å². The molecule has 1 aromatic carbocycles. The molecule has 0 fully saturated rings. The lowest BCUT2D eigenvalue weighted by Crippen LogP contribution is -2.27. The Morgan fingerprint density at radius 2 is 2.17 bits per heavy atom. The van der Waals surface area contributed by atoms with Crippen LogP contribution in [0, 0.1) is 6.92 Å². The number of aromatic nitrogens is 1. The van der Waals surface area contributed by atoms with E-state index >= 15 is 0 Å². The van der Waals surface area contributed by atoms with Crippen LogP contribution in [0.4, 0.5) is 0 Å². The molecule has 1 unspecified atom stereocenters. The number of aryl methyl sites for hydroxylation is 1. The van der Waals surface area contributed by atoms with Crippen molar-refractivity contribution in [2.45, 2.75) is 32.9 Å². The van der Waals surface area contributed by atoms with Gasteiger partial charge in [-0.1, -0.05) is 29.8 Å². The zero-order valence-electron chi connectivity index (χ0n) is 10.6. The summed E-state index contributed by atoms with van der Waals surface area (Å²) in [7, 11) is 0. The first-order chi connectivity index (χ1) is 8.65. The summed E-state index contributed by atoms with van der Waals surface area (Å²) in [5.74, 6) is 0. The van der Waals surface area contributed by atoms with Gasteiger partial charge in [0.05, 0.1) is 5.01 Å². The molecular formula is C14H17ClN2S. The third-order valence-electron chi connectivity index (χ3n) is 2.78. The molecule has 0 aliphatic rings. The minimum atomic E-state index is 0.396. The molecule has 1 aromatic heterocycles. The van der Waals surface area contributed by atoms with Gasteiger partial charge in [-0.15, -0.1) is 11.3 Å². The molecule has 0 aliphatic carbocycles. The summed E-state index contributed by atoms with van der Waals surface area (Å²) in [6.07, 6.45) is 2.88. The van der Waals surface area contributed by atoms with E-state index in [4.69, 9.17) is 11.6 Å². The molecule has 18 heavy (non-hydrogen) atoms. The van der Waals surface area contributed by atoms with Gasteiger partial charge in [-0.3, -0.25) is 0 Å². The van der Waals surface area contributed by atoms with Crippen molar-refractivity contribution in [1.29, 1.82) is 0 Å². The molecule has 0 spiro atoms. The molecular weight excluding hydrogens is 264 g/mol. The number of halogens is 1. The molecule has 0 aliphatic heterocycles. The van der Waals surface area contributed by atoms with Gasteiger partial charge in [-0.2, -0.15) is 0 Å². The van der Waals surface area contributed by atoms with Gasteiger partial charge < -0.3 is 5.32 Å². The van der Waals surface area contributed by atoms with Crippen LogP contribution in [0.1, 0.15) is 22.4 Å². The maximum Gasteiger partial charge on any atom is 0.0897 e. The molecule has 0 amide bonds. The van der Waals surface area contributed by atoms with E-state index in [0.29, 0.717) is 6.04 Å². The molecule has 0 radical (unpaired) electrons. The zero-order chi connectivity index (χ0) is 13.0. The number of benzene rings is 1. The van der Waals surface area contributed by atoms with Crippen molar-refractivity contribution >= 4 is 22.9 Å². The number of hydrogen-bond donors (Lipinski definition) is 1. The van der Waals surface area contributed by atoms with Crippen molar-refractivity contribution in [2.24, 2.45) is 0 Å². The lowest BCUT2D eigenvalue weighted by atomic mass is 10.1. The fraction of sp³-hybridized carbons (Fsp3) is 0.357. The summed E-state index contributed by atoms with van der Waals surface area (Å²) >= 11 is 7.89. The predicted molar refractivity (Wildman–Crippen MR) is 78.3 cm³/mol. The Balaban J connectivity index is 1.85. The molecule has 0 saturated heterocycles. The van der Waals surface area contributed by atoms with Crippen LogP contribution in [0.25, 0.3) is 0 Å². The predicted octanol–water partition coefficient (Wildman–Crippen LogP) is 3.83. The van der Waals surface area contributed by atoms with E-state index in [2.05, 4.69) is 23.3 Å². The van der Waals surface area contributed by atoms with Crippen molar-refractivity contribution in [3.63, 3.8) is 0 Å². The van der Waals surface area contributed by atoms with E-state index in [1.807, 2.05) is 31.3 Å². The summed E-state index contributed by atoms with van der Waals surface area (Å²) < 4.78 is 0. The Hall–Kier alpha value is -0.900. The van der Waals surface area contributed by atoms with E-state index < -0.39 is 0 Å². The van der Waals surface area contributed by atoms with Crippen LogP contribution in [0.5, 0.6) is 0 Å². The molecule has 2 nitrogen and oxygen atoms in total. The van der Waals surface area contributed by atoms with Gasteiger partial charge in [-0.05, 0) is 31.9 Å². The summed E-state index contributed by atoms with van der Waals surface area (Å²) in [6, 6.07) is 8.41. The van der Waals surface area contributed by atoms with Crippen LogP contribution in [0.15, 0.2) is 30.5 Å². The summed E-state index contributed by atoms with van der Waals surface area (Å²) in [5.41, 5.74) is 1.19. The molecule has 0 bridgehead atoms. The van der Waals surface area contributed by atoms with Crippen molar-refractivity contribution in [3.8, 4) is 0 Å². The zero-order valence-corrected chi connectivity index (χ0v) is 12.2. The normalized spacial score (nSPS) is 12.6. The number of hydrogen-bond acceptors (Lipinski definition) is 3. The molecule has 96 valence electrons. The highest BCUT2D eigenvalue weighted by Crippen LogP contribution is 2.17. The summed E-state index contributed by atoms with van der Waals surface area (Å²) in [5, 5.41) is 5.46. The largest absolute Gasteiger partial charge is 0.309 e. The number of nitrogens with one attached hydrogen (secondary N) is 1. The average Bonchev–Trinajstić information content (AvgIpc) is 2.76. The van der Waals surface area contributed by atoms with Crippen LogP contribution < -0.4 is 5.32 Å². The van der Waals surface area contributed by atoms with E-state index in [9.17, 15) is 0 Å². The third-order valence-corrected chi connectivity index (χ3v) is 4.06. The van der Waals surface area contributed by atoms with E-state index in [0.717, 1.165) is 23.0 Å². The fourth-order valence-electron chi connectivity index (χ4n) is 1.83. The first-order valence-corrected chi connectivity index (χ1v) is 7.22. The quantitative estimate of drug-likeness (QED) is 0.900. The Morgan fingerprint density at radius 3 is 2.83 bits per heavy atom. The van der Waals surface area contributed by atoms with Crippen LogP contribution in [0.2, 0.25) is 5.02 Å². The third kappa shape index (κ3) is 3.80. The highest BCUT2D eigenvalue weighted by Gasteiger charge is 2.06. The number of thiazole rings is 1. The fourth-order valence-corrected chi connectivity index (χ4v) is 2.79. The summed E-state index contributed by atoms with van der Waals surface area (Å²) in [4.78, 5) is 5.53. The van der Waals surface area contributed by atoms with Gasteiger partial charge in [0.15, 0.2) is 0 Å². The van der Waals surface area contributed by atoms with E-state index in [1.165, 1.54) is 10.4 Å². The smallest absolute Gasteiger partial charge is 0.0897 e. The van der Waals surface area contributed by atoms with Crippen molar-refractivity contribution in [3.05, 3.63) is 50.9 Å². The van der Waals surface area contributed by atoms with Gasteiger partial charge in [0, 0.05) is 28.7 Å². The highest BCUT2D eigenvalue weighted by molar-refractivity contribution is 7.11. The Labute approximate surface area is 117 Å². The molecule has 1 heterocycles. The minimum Gasteiger partial charge on any atom is -0.309 e. The van der Waals surface area contributed by atoms with Gasteiger partial charge >= 0.3 is 0 Å². The highest BCUT2D eigenvalue weighted by atomic mass is 35.5. The first kappa shape index (κ1) is 13.5. The first-order valence-electron chi connectivity index (χ1n) is 6.03. The minimum absolute atomic E-state index is 0.396. The van der Waals surface area contributed by atoms with Crippen LogP contribution in [-0.4, -0.2) is 11.0 Å². The maximum absolute atomic E-state index is 6.15. The van der Waals surface area contributed by atoms with Crippen LogP contribution in [0.3, 0.4) is 0 Å². The molecule has 2 rings (SSSR count). The van der Waals surface area contributed by atoms with Gasteiger partial charge in [0.25, 0.3) is 0 Å².